The first-order chi connectivity index (χ1) is 13.5. The lowest BCUT2D eigenvalue weighted by Gasteiger charge is -2.03. The first kappa shape index (κ1) is 19.0. The van der Waals surface area contributed by atoms with Crippen LogP contribution in [-0.2, 0) is 22.6 Å². The summed E-state index contributed by atoms with van der Waals surface area (Å²) < 4.78 is 11.3. The van der Waals surface area contributed by atoms with Crippen molar-refractivity contribution in [3.05, 3.63) is 71.7 Å². The maximum absolute atomic E-state index is 12.6. The molecule has 0 radical (unpaired) electrons. The minimum atomic E-state index is -0.0862. The van der Waals surface area contributed by atoms with Crippen molar-refractivity contribution in [1.29, 1.82) is 0 Å². The van der Waals surface area contributed by atoms with E-state index >= 15 is 0 Å². The molecule has 2 aliphatic carbocycles. The molecule has 0 aliphatic heterocycles. The highest BCUT2D eigenvalue weighted by Crippen LogP contribution is 2.59. The van der Waals surface area contributed by atoms with E-state index in [2.05, 4.69) is 38.1 Å². The Kier molecular flexibility index (Phi) is 5.43. The summed E-state index contributed by atoms with van der Waals surface area (Å²) in [4.78, 5) is 12.6. The second-order valence-electron chi connectivity index (χ2n) is 8.95. The van der Waals surface area contributed by atoms with Gasteiger partial charge in [0.2, 0.25) is 0 Å². The van der Waals surface area contributed by atoms with E-state index in [1.54, 1.807) is 6.26 Å². The van der Waals surface area contributed by atoms with E-state index in [9.17, 15) is 4.79 Å². The number of furan rings is 1. The molecule has 1 heterocycles. The number of carbonyl (C=O) groups is 1. The summed E-state index contributed by atoms with van der Waals surface area (Å²) in [5.41, 5.74) is 2.12. The molecule has 1 aromatic carbocycles. The highest BCUT2D eigenvalue weighted by Gasteiger charge is 2.61. The van der Waals surface area contributed by atoms with Crippen molar-refractivity contribution in [1.82, 2.24) is 0 Å². The van der Waals surface area contributed by atoms with E-state index in [4.69, 9.17) is 9.15 Å². The molecule has 2 fully saturated rings. The van der Waals surface area contributed by atoms with Crippen molar-refractivity contribution in [3.8, 4) is 0 Å². The summed E-state index contributed by atoms with van der Waals surface area (Å²) in [5, 5.41) is 0. The summed E-state index contributed by atoms with van der Waals surface area (Å²) >= 11 is 0. The number of benzene rings is 1. The third kappa shape index (κ3) is 4.24. The smallest absolute Gasteiger partial charge is 0.310 e. The van der Waals surface area contributed by atoms with E-state index < -0.39 is 0 Å². The Hall–Kier alpha value is -2.29. The molecule has 28 heavy (non-hydrogen) atoms. The molecule has 0 amide bonds. The van der Waals surface area contributed by atoms with Crippen molar-refractivity contribution >= 4 is 5.97 Å². The number of allylic oxidation sites excluding steroid dienone is 2. The Bertz CT molecular complexity index is 824. The van der Waals surface area contributed by atoms with Gasteiger partial charge in [-0.15, -0.1) is 0 Å². The average Bonchev–Trinajstić information content (AvgIpc) is 3.13. The topological polar surface area (TPSA) is 39.4 Å². The van der Waals surface area contributed by atoms with Crippen LogP contribution in [0.25, 0.3) is 0 Å². The van der Waals surface area contributed by atoms with E-state index in [-0.39, 0.29) is 23.9 Å². The van der Waals surface area contributed by atoms with Crippen molar-refractivity contribution < 1.29 is 13.9 Å². The fraction of sp³-hybridized carbons (Fsp3) is 0.480. The van der Waals surface area contributed by atoms with Crippen LogP contribution in [0.2, 0.25) is 0 Å². The maximum Gasteiger partial charge on any atom is 0.310 e. The Labute approximate surface area is 167 Å². The number of hydrogen-bond donors (Lipinski definition) is 0. The molecule has 2 unspecified atom stereocenters. The van der Waals surface area contributed by atoms with Gasteiger partial charge in [0, 0.05) is 12.0 Å². The first-order valence-electron chi connectivity index (χ1n) is 10.5. The number of rotatable bonds is 7. The number of ether oxygens (including phenoxy) is 1. The van der Waals surface area contributed by atoms with Crippen LogP contribution in [0.15, 0.2) is 59.2 Å². The summed E-state index contributed by atoms with van der Waals surface area (Å²) in [6.07, 6.45) is 12.3. The molecular weight excluding hydrogens is 348 g/mol. The molecule has 0 bridgehead atoms. The van der Waals surface area contributed by atoms with Crippen LogP contribution in [-0.4, -0.2) is 5.97 Å². The van der Waals surface area contributed by atoms with Gasteiger partial charge >= 0.3 is 5.97 Å². The Balaban J connectivity index is 1.28. The fourth-order valence-corrected chi connectivity index (χ4v) is 4.55. The van der Waals surface area contributed by atoms with Gasteiger partial charge < -0.3 is 9.15 Å². The zero-order valence-electron chi connectivity index (χ0n) is 16.9. The quantitative estimate of drug-likeness (QED) is 0.443. The minimum absolute atomic E-state index is 0.00105. The van der Waals surface area contributed by atoms with Gasteiger partial charge in [-0.05, 0) is 41.7 Å². The standard InChI is InChI=1S/C25H30O3/c1-25(2)22(13-12-18-8-6-7-9-18)23(25)24(26)28-17-20-15-21(27-16-20)14-19-10-4-3-5-11-19/h3-5,10-13,15-16,18,22-23H,6-9,14,17H2,1-2H3. The molecule has 3 nitrogen and oxygen atoms in total. The highest BCUT2D eigenvalue weighted by molar-refractivity contribution is 5.78. The van der Waals surface area contributed by atoms with Gasteiger partial charge in [0.05, 0.1) is 12.2 Å². The SMILES string of the molecule is CC1(C)C(C=CC2CCCC2)C1C(=O)OCc1coc(Cc2ccccc2)c1. The van der Waals surface area contributed by atoms with Crippen LogP contribution >= 0.6 is 0 Å². The van der Waals surface area contributed by atoms with E-state index in [0.717, 1.165) is 17.7 Å². The van der Waals surface area contributed by atoms with Crippen molar-refractivity contribution in [3.63, 3.8) is 0 Å². The normalized spacial score (nSPS) is 23.9. The Morgan fingerprint density at radius 2 is 1.89 bits per heavy atom. The summed E-state index contributed by atoms with van der Waals surface area (Å²) in [7, 11) is 0. The maximum atomic E-state index is 12.6. The van der Waals surface area contributed by atoms with Crippen LogP contribution in [0.4, 0.5) is 0 Å². The molecule has 2 atom stereocenters. The summed E-state index contributed by atoms with van der Waals surface area (Å²) in [6.45, 7) is 4.61. The monoisotopic (exact) mass is 378 g/mol. The third-order valence-electron chi connectivity index (χ3n) is 6.47. The van der Waals surface area contributed by atoms with E-state index in [0.29, 0.717) is 11.8 Å². The van der Waals surface area contributed by atoms with Crippen LogP contribution in [0, 0.1) is 23.2 Å². The molecule has 0 N–H and O–H groups in total. The number of carbonyl (C=O) groups excluding carboxylic acids is 1. The lowest BCUT2D eigenvalue weighted by atomic mass is 10.0. The zero-order chi connectivity index (χ0) is 19.6. The summed E-state index contributed by atoms with van der Waals surface area (Å²) in [6, 6.07) is 12.2. The van der Waals surface area contributed by atoms with Gasteiger partial charge in [0.25, 0.3) is 0 Å². The van der Waals surface area contributed by atoms with Crippen molar-refractivity contribution in [2.24, 2.45) is 23.2 Å². The molecular formula is C25H30O3. The largest absolute Gasteiger partial charge is 0.469 e. The third-order valence-corrected chi connectivity index (χ3v) is 6.47. The molecule has 1 aromatic heterocycles. The lowest BCUT2D eigenvalue weighted by molar-refractivity contribution is -0.147. The molecule has 148 valence electrons. The second kappa shape index (κ2) is 7.98. The lowest BCUT2D eigenvalue weighted by Crippen LogP contribution is -2.10. The molecule has 0 spiro atoms. The summed E-state index contributed by atoms with van der Waals surface area (Å²) in [5.74, 6) is 1.79. The minimum Gasteiger partial charge on any atom is -0.469 e. The Morgan fingerprint density at radius 3 is 2.64 bits per heavy atom. The van der Waals surface area contributed by atoms with Crippen LogP contribution < -0.4 is 0 Å². The van der Waals surface area contributed by atoms with Gasteiger partial charge in [-0.2, -0.15) is 0 Å². The van der Waals surface area contributed by atoms with Gasteiger partial charge in [0.1, 0.15) is 12.4 Å². The molecule has 3 heteroatoms. The second-order valence-corrected chi connectivity index (χ2v) is 8.95. The predicted molar refractivity (Wildman–Crippen MR) is 110 cm³/mol. The highest BCUT2D eigenvalue weighted by atomic mass is 16.5. The van der Waals surface area contributed by atoms with Gasteiger partial charge in [-0.3, -0.25) is 4.79 Å². The van der Waals surface area contributed by atoms with Crippen LogP contribution in [0.3, 0.4) is 0 Å². The van der Waals surface area contributed by atoms with Gasteiger partial charge in [-0.1, -0.05) is 69.2 Å². The molecule has 4 rings (SSSR count). The fourth-order valence-electron chi connectivity index (χ4n) is 4.55. The first-order valence-corrected chi connectivity index (χ1v) is 10.5. The molecule has 0 saturated heterocycles. The van der Waals surface area contributed by atoms with E-state index in [1.165, 1.54) is 31.2 Å². The van der Waals surface area contributed by atoms with Crippen LogP contribution in [0.1, 0.15) is 56.4 Å². The number of esters is 1. The van der Waals surface area contributed by atoms with Gasteiger partial charge in [-0.25, -0.2) is 0 Å². The molecule has 2 aromatic rings. The number of hydrogen-bond acceptors (Lipinski definition) is 3. The van der Waals surface area contributed by atoms with Crippen molar-refractivity contribution in [2.45, 2.75) is 52.6 Å². The zero-order valence-corrected chi connectivity index (χ0v) is 16.9. The molecule has 2 aliphatic rings. The van der Waals surface area contributed by atoms with E-state index in [1.807, 2.05) is 24.3 Å². The predicted octanol–water partition coefficient (Wildman–Crippen LogP) is 5.93. The van der Waals surface area contributed by atoms with Crippen molar-refractivity contribution in [2.75, 3.05) is 0 Å². The van der Waals surface area contributed by atoms with Crippen LogP contribution in [0.5, 0.6) is 0 Å². The Morgan fingerprint density at radius 1 is 1.14 bits per heavy atom. The molecule has 2 saturated carbocycles. The average molecular weight is 379 g/mol. The van der Waals surface area contributed by atoms with Gasteiger partial charge in [0.15, 0.2) is 0 Å².